The number of aromatic nitrogens is 1. The molecule has 0 saturated carbocycles. The van der Waals surface area contributed by atoms with Crippen LogP contribution < -0.4 is 11.5 Å². The molecule has 0 aliphatic carbocycles. The van der Waals surface area contributed by atoms with Gasteiger partial charge in [-0.3, -0.25) is 9.59 Å². The molecular formula is C14H17N3O3S. The van der Waals surface area contributed by atoms with E-state index < -0.39 is 18.1 Å². The molecule has 0 fully saturated rings. The van der Waals surface area contributed by atoms with E-state index in [4.69, 9.17) is 16.6 Å². The topological polar surface area (TPSA) is 122 Å². The molecule has 0 saturated heterocycles. The molecule has 2 rings (SSSR count). The van der Waals surface area contributed by atoms with E-state index in [-0.39, 0.29) is 18.0 Å². The van der Waals surface area contributed by atoms with E-state index in [1.807, 2.05) is 24.3 Å². The molecule has 1 aromatic heterocycles. The summed E-state index contributed by atoms with van der Waals surface area (Å²) in [7, 11) is 0. The number of carboxylic acid groups (broad SMARTS) is 1. The molecule has 21 heavy (non-hydrogen) atoms. The Hall–Kier alpha value is -1.83. The number of carbonyl (C=O) groups excluding carboxylic acids is 1. The number of ketones is 1. The molecule has 1 heterocycles. The van der Waals surface area contributed by atoms with Gasteiger partial charge in [0.25, 0.3) is 0 Å². The van der Waals surface area contributed by atoms with Crippen molar-refractivity contribution in [2.75, 3.05) is 5.75 Å². The number of fused-ring (bicyclic) bond motifs is 1. The summed E-state index contributed by atoms with van der Waals surface area (Å²) in [5.74, 6) is -1.20. The van der Waals surface area contributed by atoms with Gasteiger partial charge in [0.15, 0.2) is 5.78 Å². The Kier molecular flexibility index (Phi) is 4.66. The Balaban J connectivity index is 2.53. The van der Waals surface area contributed by atoms with Gasteiger partial charge >= 0.3 is 5.97 Å². The van der Waals surface area contributed by atoms with E-state index in [0.29, 0.717) is 11.3 Å². The minimum Gasteiger partial charge on any atom is -0.480 e. The van der Waals surface area contributed by atoms with Crippen LogP contribution in [0.5, 0.6) is 0 Å². The molecule has 1 unspecified atom stereocenters. The number of rotatable bonds is 6. The van der Waals surface area contributed by atoms with E-state index in [1.165, 1.54) is 0 Å². The van der Waals surface area contributed by atoms with E-state index >= 15 is 0 Å². The number of aliphatic carboxylic acids is 1. The van der Waals surface area contributed by atoms with Gasteiger partial charge in [-0.15, -0.1) is 0 Å². The van der Waals surface area contributed by atoms with Crippen molar-refractivity contribution in [2.45, 2.75) is 18.5 Å². The second kappa shape index (κ2) is 6.30. The average Bonchev–Trinajstić information content (AvgIpc) is 2.84. The molecule has 0 bridgehead atoms. The Morgan fingerprint density at radius 1 is 1.24 bits per heavy atom. The summed E-state index contributed by atoms with van der Waals surface area (Å²) in [6.07, 6.45) is 0.0553. The number of para-hydroxylation sites is 1. The number of nitrogens with two attached hydrogens (primary N) is 2. The Labute approximate surface area is 126 Å². The summed E-state index contributed by atoms with van der Waals surface area (Å²) in [4.78, 5) is 26.3. The summed E-state index contributed by atoms with van der Waals surface area (Å²) in [6, 6.07) is 5.45. The van der Waals surface area contributed by atoms with Gasteiger partial charge in [-0.25, -0.2) is 0 Å². The van der Waals surface area contributed by atoms with Crippen LogP contribution in [0.1, 0.15) is 16.1 Å². The van der Waals surface area contributed by atoms with Crippen LogP contribution in [0, 0.1) is 0 Å². The van der Waals surface area contributed by atoms with E-state index in [0.717, 1.165) is 10.9 Å². The number of Topliss-reactive ketones (excluding diaryl/α,β-unsaturated/α-hetero) is 1. The second-order valence-electron chi connectivity index (χ2n) is 4.83. The summed E-state index contributed by atoms with van der Waals surface area (Å²) in [5.41, 5.74) is 13.0. The maximum Gasteiger partial charge on any atom is 0.320 e. The molecular weight excluding hydrogens is 290 g/mol. The third kappa shape index (κ3) is 3.10. The smallest absolute Gasteiger partial charge is 0.320 e. The second-order valence-corrected chi connectivity index (χ2v) is 5.19. The lowest BCUT2D eigenvalue weighted by Crippen LogP contribution is -2.35. The maximum atomic E-state index is 12.3. The van der Waals surface area contributed by atoms with Crippen LogP contribution in [-0.2, 0) is 11.2 Å². The Morgan fingerprint density at radius 2 is 1.90 bits per heavy atom. The lowest BCUT2D eigenvalue weighted by atomic mass is 9.99. The van der Waals surface area contributed by atoms with Gasteiger partial charge in [0.05, 0.1) is 11.7 Å². The van der Waals surface area contributed by atoms with Gasteiger partial charge in [0.1, 0.15) is 6.04 Å². The summed E-state index contributed by atoms with van der Waals surface area (Å²) < 4.78 is 0. The average molecular weight is 307 g/mol. The Morgan fingerprint density at radius 3 is 2.52 bits per heavy atom. The van der Waals surface area contributed by atoms with Gasteiger partial charge in [-0.2, -0.15) is 12.6 Å². The highest BCUT2D eigenvalue weighted by Gasteiger charge is 2.24. The Bertz CT molecular complexity index is 683. The first-order valence-electron chi connectivity index (χ1n) is 6.44. The molecule has 6 N–H and O–H groups in total. The van der Waals surface area contributed by atoms with Crippen molar-refractivity contribution in [3.63, 3.8) is 0 Å². The first-order chi connectivity index (χ1) is 9.95. The molecule has 0 aliphatic rings. The zero-order chi connectivity index (χ0) is 15.6. The highest BCUT2D eigenvalue weighted by atomic mass is 32.1. The normalized spacial score (nSPS) is 14.0. The first-order valence-corrected chi connectivity index (χ1v) is 7.07. The number of benzene rings is 1. The minimum absolute atomic E-state index is 0.0553. The fraction of sp³-hybridized carbons (Fsp3) is 0.286. The zero-order valence-corrected chi connectivity index (χ0v) is 12.1. The number of aromatic amines is 1. The van der Waals surface area contributed by atoms with Crippen LogP contribution in [0.15, 0.2) is 24.3 Å². The molecule has 7 heteroatoms. The van der Waals surface area contributed by atoms with Crippen molar-refractivity contribution in [2.24, 2.45) is 11.5 Å². The maximum absolute atomic E-state index is 12.3. The van der Waals surface area contributed by atoms with Crippen LogP contribution in [0.4, 0.5) is 0 Å². The number of H-pyrrole nitrogens is 1. The SMILES string of the molecule is NC(Cc1c(C(=O)[C@H](N)CS)[nH]c2ccccc12)C(=O)O. The van der Waals surface area contributed by atoms with Crippen molar-refractivity contribution >= 4 is 35.3 Å². The van der Waals surface area contributed by atoms with Gasteiger partial charge in [-0.1, -0.05) is 18.2 Å². The third-order valence-electron chi connectivity index (χ3n) is 3.33. The quantitative estimate of drug-likeness (QED) is 0.394. The minimum atomic E-state index is -1.11. The highest BCUT2D eigenvalue weighted by molar-refractivity contribution is 7.80. The van der Waals surface area contributed by atoms with Crippen molar-refractivity contribution in [3.8, 4) is 0 Å². The van der Waals surface area contributed by atoms with Gasteiger partial charge in [-0.05, 0) is 11.6 Å². The van der Waals surface area contributed by atoms with Crippen molar-refractivity contribution < 1.29 is 14.7 Å². The molecule has 6 nitrogen and oxygen atoms in total. The third-order valence-corrected chi connectivity index (χ3v) is 3.73. The van der Waals surface area contributed by atoms with Gasteiger partial charge in [0.2, 0.25) is 0 Å². The summed E-state index contributed by atoms with van der Waals surface area (Å²) in [6.45, 7) is 0. The van der Waals surface area contributed by atoms with Crippen LogP contribution in [0.3, 0.4) is 0 Å². The number of hydrogen-bond acceptors (Lipinski definition) is 5. The molecule has 1 aromatic carbocycles. The fourth-order valence-electron chi connectivity index (χ4n) is 2.20. The molecule has 2 aromatic rings. The predicted molar refractivity (Wildman–Crippen MR) is 83.8 cm³/mol. The lowest BCUT2D eigenvalue weighted by Gasteiger charge is -2.10. The molecule has 0 radical (unpaired) electrons. The number of hydrogen-bond donors (Lipinski definition) is 5. The van der Waals surface area contributed by atoms with Crippen LogP contribution >= 0.6 is 12.6 Å². The standard InChI is InChI=1S/C14H17N3O3S/c15-9(14(19)20)5-8-7-3-1-2-4-11(7)17-12(8)13(18)10(16)6-21/h1-4,9-10,17,21H,5-6,15-16H2,(H,19,20)/t9?,10-/m1/s1. The first kappa shape index (κ1) is 15.6. The molecule has 2 atom stereocenters. The summed E-state index contributed by atoms with van der Waals surface area (Å²) in [5, 5.41) is 9.76. The van der Waals surface area contributed by atoms with Crippen LogP contribution in [-0.4, -0.2) is 39.7 Å². The van der Waals surface area contributed by atoms with Crippen molar-refractivity contribution in [1.82, 2.24) is 4.98 Å². The van der Waals surface area contributed by atoms with E-state index in [1.54, 1.807) is 0 Å². The lowest BCUT2D eigenvalue weighted by molar-refractivity contribution is -0.138. The van der Waals surface area contributed by atoms with Crippen molar-refractivity contribution in [3.05, 3.63) is 35.5 Å². The molecule has 0 amide bonds. The summed E-state index contributed by atoms with van der Waals surface area (Å²) >= 11 is 4.03. The number of carbonyl (C=O) groups is 2. The fourth-order valence-corrected chi connectivity index (χ4v) is 2.36. The number of nitrogens with one attached hydrogen (secondary N) is 1. The number of thiol groups is 1. The highest BCUT2D eigenvalue weighted by Crippen LogP contribution is 2.24. The largest absolute Gasteiger partial charge is 0.480 e. The number of carboxylic acids is 1. The molecule has 0 aliphatic heterocycles. The van der Waals surface area contributed by atoms with E-state index in [2.05, 4.69) is 17.6 Å². The van der Waals surface area contributed by atoms with Gasteiger partial charge < -0.3 is 21.6 Å². The molecule has 112 valence electrons. The zero-order valence-electron chi connectivity index (χ0n) is 11.2. The molecule has 0 spiro atoms. The predicted octanol–water partition coefficient (Wildman–Crippen LogP) is 0.562. The van der Waals surface area contributed by atoms with E-state index in [9.17, 15) is 9.59 Å². The van der Waals surface area contributed by atoms with Gasteiger partial charge in [0, 0.05) is 23.1 Å². The van der Waals surface area contributed by atoms with Crippen LogP contribution in [0.25, 0.3) is 10.9 Å². The monoisotopic (exact) mass is 307 g/mol. The van der Waals surface area contributed by atoms with Crippen molar-refractivity contribution in [1.29, 1.82) is 0 Å². The van der Waals surface area contributed by atoms with Crippen LogP contribution in [0.2, 0.25) is 0 Å².